The molecule has 0 aliphatic carbocycles. The number of halogens is 1. The molecule has 5 aromatic carbocycles. The van der Waals surface area contributed by atoms with Crippen molar-refractivity contribution in [2.45, 2.75) is 22.3 Å². The Morgan fingerprint density at radius 3 is 1.98 bits per heavy atom. The van der Waals surface area contributed by atoms with Gasteiger partial charge in [0.1, 0.15) is 5.76 Å². The molecule has 200 valence electrons. The monoisotopic (exact) mass is 615 g/mol. The maximum Gasteiger partial charge on any atom is 0.266 e. The molecule has 2 aliphatic heterocycles. The minimum absolute atomic E-state index is 0.0255. The van der Waals surface area contributed by atoms with Gasteiger partial charge in [-0.3, -0.25) is 9.69 Å². The van der Waals surface area contributed by atoms with Gasteiger partial charge in [0.15, 0.2) is 0 Å². The van der Waals surface area contributed by atoms with Crippen molar-refractivity contribution < 1.29 is 9.53 Å². The highest BCUT2D eigenvalue weighted by molar-refractivity contribution is 9.10. The van der Waals surface area contributed by atoms with Gasteiger partial charge in [0, 0.05) is 32.2 Å². The Morgan fingerprint density at radius 1 is 0.707 bits per heavy atom. The molecule has 3 nitrogen and oxygen atoms in total. The van der Waals surface area contributed by atoms with Crippen LogP contribution >= 0.6 is 27.7 Å². The van der Waals surface area contributed by atoms with E-state index in [2.05, 4.69) is 58.4 Å². The van der Waals surface area contributed by atoms with Crippen LogP contribution in [0.25, 0.3) is 11.3 Å². The number of rotatable bonds is 4. The van der Waals surface area contributed by atoms with E-state index in [9.17, 15) is 0 Å². The third kappa shape index (κ3) is 4.59. The van der Waals surface area contributed by atoms with Gasteiger partial charge in [0.2, 0.25) is 5.72 Å². The molecular formula is C36H26BrNO2S. The van der Waals surface area contributed by atoms with Crippen molar-refractivity contribution in [1.82, 2.24) is 0 Å². The molecule has 0 saturated carbocycles. The van der Waals surface area contributed by atoms with E-state index in [-0.39, 0.29) is 11.2 Å². The minimum atomic E-state index is -1.08. The van der Waals surface area contributed by atoms with E-state index >= 15 is 4.79 Å². The zero-order valence-electron chi connectivity index (χ0n) is 22.1. The van der Waals surface area contributed by atoms with Crippen LogP contribution in [0.1, 0.15) is 33.9 Å². The van der Waals surface area contributed by atoms with Gasteiger partial charge in [-0.05, 0) is 35.4 Å². The Labute approximate surface area is 252 Å². The van der Waals surface area contributed by atoms with Crippen molar-refractivity contribution in [3.63, 3.8) is 0 Å². The fourth-order valence-corrected chi connectivity index (χ4v) is 7.39. The Balaban J connectivity index is 1.54. The second-order valence-electron chi connectivity index (χ2n) is 10.2. The maximum atomic E-state index is 15.1. The van der Waals surface area contributed by atoms with E-state index < -0.39 is 5.72 Å². The molecule has 2 atom stereocenters. The van der Waals surface area contributed by atoms with Gasteiger partial charge >= 0.3 is 0 Å². The van der Waals surface area contributed by atoms with Crippen LogP contribution in [0, 0.1) is 0 Å². The largest absolute Gasteiger partial charge is 0.462 e. The Hall–Kier alpha value is -4.06. The lowest BCUT2D eigenvalue weighted by molar-refractivity contribution is -0.120. The number of carbonyl (C=O) groups excluding carboxylic acids is 1. The van der Waals surface area contributed by atoms with Gasteiger partial charge in [-0.2, -0.15) is 0 Å². The topological polar surface area (TPSA) is 29.5 Å². The fraction of sp³-hybridized carbons (Fsp3) is 0.0833. The molecule has 0 fully saturated rings. The van der Waals surface area contributed by atoms with Gasteiger partial charge in [0.05, 0.1) is 11.3 Å². The quantitative estimate of drug-likeness (QED) is 0.202. The van der Waals surface area contributed by atoms with Crippen LogP contribution < -0.4 is 4.90 Å². The number of para-hydroxylation sites is 1. The summed E-state index contributed by atoms with van der Waals surface area (Å²) in [6.07, 6.45) is 0.558. The molecule has 5 aromatic rings. The number of thioether (sulfide) groups is 1. The van der Waals surface area contributed by atoms with Crippen molar-refractivity contribution in [3.8, 4) is 0 Å². The summed E-state index contributed by atoms with van der Waals surface area (Å²) >= 11 is 5.38. The molecule has 5 heteroatoms. The van der Waals surface area contributed by atoms with Gasteiger partial charge in [-0.15, -0.1) is 11.8 Å². The number of anilines is 1. The zero-order chi connectivity index (χ0) is 27.8. The first kappa shape index (κ1) is 25.9. The molecule has 0 aromatic heterocycles. The molecule has 0 radical (unpaired) electrons. The van der Waals surface area contributed by atoms with Crippen LogP contribution in [-0.4, -0.2) is 5.91 Å². The first-order valence-corrected chi connectivity index (χ1v) is 15.3. The molecule has 0 bridgehead atoms. The highest BCUT2D eigenvalue weighted by atomic mass is 79.9. The molecule has 0 saturated heterocycles. The lowest BCUT2D eigenvalue weighted by Gasteiger charge is -2.48. The van der Waals surface area contributed by atoms with E-state index in [4.69, 9.17) is 4.74 Å². The summed E-state index contributed by atoms with van der Waals surface area (Å²) in [5.74, 6) is 0.524. The molecule has 2 heterocycles. The lowest BCUT2D eigenvalue weighted by Crippen LogP contribution is -2.55. The number of hydrogen-bond acceptors (Lipinski definition) is 3. The Morgan fingerprint density at radius 2 is 1.29 bits per heavy atom. The highest BCUT2D eigenvalue weighted by Gasteiger charge is 2.54. The average molecular weight is 617 g/mol. The van der Waals surface area contributed by atoms with E-state index in [1.165, 1.54) is 5.56 Å². The molecule has 1 amide bonds. The summed E-state index contributed by atoms with van der Waals surface area (Å²) < 4.78 is 8.39. The number of carbonyl (C=O) groups is 1. The Kier molecular flexibility index (Phi) is 6.77. The first-order chi connectivity index (χ1) is 20.1. The van der Waals surface area contributed by atoms with Crippen LogP contribution in [-0.2, 0) is 15.3 Å². The molecule has 0 unspecified atom stereocenters. The number of nitrogens with zero attached hydrogens (tertiary/aromatic N) is 1. The van der Waals surface area contributed by atoms with E-state index in [0.717, 1.165) is 31.7 Å². The molecule has 7 rings (SSSR count). The van der Waals surface area contributed by atoms with Crippen LogP contribution in [0.5, 0.6) is 0 Å². The van der Waals surface area contributed by atoms with Crippen LogP contribution in [0.3, 0.4) is 0 Å². The van der Waals surface area contributed by atoms with E-state index in [1.807, 2.05) is 102 Å². The summed E-state index contributed by atoms with van der Waals surface area (Å²) in [7, 11) is 0. The lowest BCUT2D eigenvalue weighted by atomic mass is 9.87. The van der Waals surface area contributed by atoms with Crippen molar-refractivity contribution >= 4 is 50.6 Å². The summed E-state index contributed by atoms with van der Waals surface area (Å²) in [5, 5.41) is 0.0255. The third-order valence-electron chi connectivity index (χ3n) is 7.68. The number of amides is 1. The number of benzene rings is 5. The molecular weight excluding hydrogens is 590 g/mol. The minimum Gasteiger partial charge on any atom is -0.462 e. The normalized spacial score (nSPS) is 20.1. The van der Waals surface area contributed by atoms with Crippen LogP contribution in [0.15, 0.2) is 149 Å². The number of hydrogen-bond donors (Lipinski definition) is 0. The van der Waals surface area contributed by atoms with Gasteiger partial charge in [0.25, 0.3) is 5.91 Å². The van der Waals surface area contributed by atoms with Crippen molar-refractivity contribution in [1.29, 1.82) is 0 Å². The van der Waals surface area contributed by atoms with Crippen molar-refractivity contribution in [3.05, 3.63) is 166 Å². The zero-order valence-corrected chi connectivity index (χ0v) is 24.5. The second-order valence-corrected chi connectivity index (χ2v) is 12.3. The van der Waals surface area contributed by atoms with E-state index in [1.54, 1.807) is 11.8 Å². The summed E-state index contributed by atoms with van der Waals surface area (Å²) in [6.45, 7) is 0. The summed E-state index contributed by atoms with van der Waals surface area (Å²) in [5.41, 5.74) is 4.15. The van der Waals surface area contributed by atoms with Gasteiger partial charge in [-0.1, -0.05) is 131 Å². The second kappa shape index (κ2) is 10.7. The number of fused-ring (bicyclic) bond motifs is 3. The fourth-order valence-electron chi connectivity index (χ4n) is 5.78. The van der Waals surface area contributed by atoms with Gasteiger partial charge in [-0.25, -0.2) is 0 Å². The van der Waals surface area contributed by atoms with Gasteiger partial charge < -0.3 is 4.74 Å². The molecule has 41 heavy (non-hydrogen) atoms. The third-order valence-corrected chi connectivity index (χ3v) is 9.53. The van der Waals surface area contributed by atoms with Crippen molar-refractivity contribution in [2.75, 3.05) is 4.90 Å². The Bertz CT molecular complexity index is 1740. The van der Waals surface area contributed by atoms with Crippen LogP contribution in [0.2, 0.25) is 0 Å². The average Bonchev–Trinajstić information content (AvgIpc) is 3.18. The SMILES string of the molecule is O=C1C(c2ccccc2)=C(c2ccccc2)O[C@@]2(c3ccccc3)C[C@H](c3ccc(Br)cc3)Sc3ccccc3N12. The van der Waals surface area contributed by atoms with Crippen LogP contribution in [0.4, 0.5) is 5.69 Å². The summed E-state index contributed by atoms with van der Waals surface area (Å²) in [6, 6.07) is 46.7. The molecule has 2 aliphatic rings. The van der Waals surface area contributed by atoms with Crippen molar-refractivity contribution in [2.24, 2.45) is 0 Å². The maximum absolute atomic E-state index is 15.1. The highest BCUT2D eigenvalue weighted by Crippen LogP contribution is 2.58. The summed E-state index contributed by atoms with van der Waals surface area (Å²) in [4.78, 5) is 18.1. The molecule has 0 N–H and O–H groups in total. The predicted octanol–water partition coefficient (Wildman–Crippen LogP) is 9.47. The smallest absolute Gasteiger partial charge is 0.266 e. The number of ether oxygens (including phenoxy) is 1. The first-order valence-electron chi connectivity index (χ1n) is 13.6. The standard InChI is InChI=1S/C36H26BrNO2S/c37-29-22-20-25(21-23-29)32-24-36(28-16-8-3-9-17-28)38(30-18-10-11-19-31(30)41-32)35(39)33(26-12-4-1-5-13-26)34(40-36)27-14-6-2-7-15-27/h1-23,32H,24H2/t32-,36-/m1/s1. The molecule has 0 spiro atoms. The predicted molar refractivity (Wildman–Crippen MR) is 170 cm³/mol. The van der Waals surface area contributed by atoms with E-state index in [0.29, 0.717) is 17.8 Å².